The van der Waals surface area contributed by atoms with Crippen LogP contribution in [0, 0.1) is 0 Å². The minimum absolute atomic E-state index is 0.491. The minimum atomic E-state index is -4.96. The maximum Gasteiger partial charge on any atom is 0.574 e. The predicted molar refractivity (Wildman–Crippen MR) is 48.6 cm³/mol. The number of nitrogens with zero attached hydrogens (tertiary/aromatic N) is 1. The molecule has 90 valence electrons. The summed E-state index contributed by atoms with van der Waals surface area (Å²) in [6, 6.07) is 0.571. The zero-order valence-electron chi connectivity index (χ0n) is 7.16. The third-order valence-corrected chi connectivity index (χ3v) is 2.29. The molecular formula is C7H2BrClF5NO. The summed E-state index contributed by atoms with van der Waals surface area (Å²) in [5, 5.41) is -0.559. The molecule has 1 rings (SSSR count). The first-order valence-electron chi connectivity index (χ1n) is 3.60. The van der Waals surface area contributed by atoms with Gasteiger partial charge in [-0.05, 0) is 15.9 Å². The molecule has 0 unspecified atom stereocenters. The number of pyridine rings is 1. The average Bonchev–Trinajstić information content (AvgIpc) is 1.96. The predicted octanol–water partition coefficient (Wildman–Crippen LogP) is 4.33. The first-order valence-corrected chi connectivity index (χ1v) is 4.77. The summed E-state index contributed by atoms with van der Waals surface area (Å²) in [6.45, 7) is 0. The number of rotatable bonds is 2. The van der Waals surface area contributed by atoms with Crippen LogP contribution in [-0.4, -0.2) is 11.3 Å². The van der Waals surface area contributed by atoms with Crippen LogP contribution in [-0.2, 0) is 0 Å². The van der Waals surface area contributed by atoms with Crippen LogP contribution < -0.4 is 4.74 Å². The van der Waals surface area contributed by atoms with Gasteiger partial charge in [-0.2, -0.15) is 0 Å². The van der Waals surface area contributed by atoms with Gasteiger partial charge in [0.2, 0.25) is 5.88 Å². The Labute approximate surface area is 99.5 Å². The van der Waals surface area contributed by atoms with Gasteiger partial charge in [0.25, 0.3) is 6.43 Å². The van der Waals surface area contributed by atoms with Gasteiger partial charge in [-0.15, -0.1) is 13.2 Å². The Morgan fingerprint density at radius 2 is 1.94 bits per heavy atom. The molecule has 0 saturated heterocycles. The number of ether oxygens (including phenoxy) is 1. The molecule has 1 aromatic rings. The van der Waals surface area contributed by atoms with Crippen LogP contribution in [0.25, 0.3) is 0 Å². The molecule has 0 aromatic carbocycles. The largest absolute Gasteiger partial charge is 0.574 e. The van der Waals surface area contributed by atoms with Crippen LogP contribution in [0.1, 0.15) is 12.0 Å². The normalized spacial score (nSPS) is 12.0. The molecule has 0 bridgehead atoms. The molecule has 0 atom stereocenters. The van der Waals surface area contributed by atoms with Gasteiger partial charge in [0.05, 0.1) is 10.6 Å². The van der Waals surface area contributed by atoms with E-state index in [1.165, 1.54) is 0 Å². The molecule has 0 fully saturated rings. The van der Waals surface area contributed by atoms with Gasteiger partial charge in [0.15, 0.2) is 0 Å². The molecule has 0 aliphatic heterocycles. The van der Waals surface area contributed by atoms with E-state index in [1.807, 2.05) is 0 Å². The summed E-state index contributed by atoms with van der Waals surface area (Å²) in [5.41, 5.74) is -0.684. The average molecular weight is 326 g/mol. The fourth-order valence-corrected chi connectivity index (χ4v) is 1.78. The fourth-order valence-electron chi connectivity index (χ4n) is 0.839. The van der Waals surface area contributed by atoms with Crippen LogP contribution in [0.3, 0.4) is 0 Å². The molecule has 0 N–H and O–H groups in total. The summed E-state index contributed by atoms with van der Waals surface area (Å²) in [5.74, 6) is -0.909. The first kappa shape index (κ1) is 13.4. The van der Waals surface area contributed by atoms with Gasteiger partial charge in [-0.1, -0.05) is 11.6 Å². The smallest absolute Gasteiger partial charge is 0.388 e. The number of alkyl halides is 5. The van der Waals surface area contributed by atoms with E-state index < -0.39 is 33.9 Å². The zero-order chi connectivity index (χ0) is 12.5. The molecule has 0 amide bonds. The van der Waals surface area contributed by atoms with Crippen LogP contribution in [0.15, 0.2) is 10.7 Å². The Morgan fingerprint density at radius 1 is 1.38 bits per heavy atom. The molecule has 9 heteroatoms. The number of hydrogen-bond acceptors (Lipinski definition) is 2. The lowest BCUT2D eigenvalue weighted by Gasteiger charge is -2.11. The molecule has 0 saturated carbocycles. The highest BCUT2D eigenvalue weighted by Crippen LogP contribution is 2.35. The molecule has 1 heterocycles. The van der Waals surface area contributed by atoms with E-state index in [4.69, 9.17) is 11.6 Å². The summed E-state index contributed by atoms with van der Waals surface area (Å²) >= 11 is 7.94. The maximum absolute atomic E-state index is 12.3. The van der Waals surface area contributed by atoms with Crippen molar-refractivity contribution < 1.29 is 26.7 Å². The van der Waals surface area contributed by atoms with Crippen LogP contribution >= 0.6 is 27.5 Å². The van der Waals surface area contributed by atoms with Gasteiger partial charge >= 0.3 is 6.36 Å². The third kappa shape index (κ3) is 3.44. The van der Waals surface area contributed by atoms with E-state index >= 15 is 0 Å². The van der Waals surface area contributed by atoms with Crippen LogP contribution in [0.4, 0.5) is 22.0 Å². The lowest BCUT2D eigenvalue weighted by Crippen LogP contribution is -2.18. The standard InChI is InChI=1S/C7H2BrClF5NO/c8-5-4(6(10)11)2(9)1-3(15-5)16-7(12,13)14/h1,6H. The Kier molecular flexibility index (Phi) is 3.95. The lowest BCUT2D eigenvalue weighted by molar-refractivity contribution is -0.276. The Bertz CT molecular complexity index is 374. The lowest BCUT2D eigenvalue weighted by atomic mass is 10.3. The van der Waals surface area contributed by atoms with Gasteiger partial charge in [-0.25, -0.2) is 13.8 Å². The van der Waals surface area contributed by atoms with Crippen molar-refractivity contribution in [3.8, 4) is 5.88 Å². The van der Waals surface area contributed by atoms with E-state index in [0.29, 0.717) is 6.07 Å². The topological polar surface area (TPSA) is 22.1 Å². The van der Waals surface area contributed by atoms with E-state index in [-0.39, 0.29) is 0 Å². The molecule has 0 spiro atoms. The summed E-state index contributed by atoms with van der Waals surface area (Å²) < 4.78 is 63.0. The van der Waals surface area contributed by atoms with E-state index in [1.54, 1.807) is 0 Å². The second-order valence-electron chi connectivity index (χ2n) is 2.50. The number of hydrogen-bond donors (Lipinski definition) is 0. The fraction of sp³-hybridized carbons (Fsp3) is 0.286. The molecule has 0 aliphatic carbocycles. The second-order valence-corrected chi connectivity index (χ2v) is 3.65. The van der Waals surface area contributed by atoms with Gasteiger partial charge in [0.1, 0.15) is 4.60 Å². The molecule has 0 radical (unpaired) electrons. The van der Waals surface area contributed by atoms with Crippen molar-refractivity contribution in [3.05, 3.63) is 21.3 Å². The van der Waals surface area contributed by atoms with E-state index in [0.717, 1.165) is 0 Å². The SMILES string of the molecule is FC(F)c1c(Cl)cc(OC(F)(F)F)nc1Br. The molecule has 2 nitrogen and oxygen atoms in total. The van der Waals surface area contributed by atoms with Crippen molar-refractivity contribution in [2.75, 3.05) is 0 Å². The van der Waals surface area contributed by atoms with Crippen LogP contribution in [0.2, 0.25) is 5.02 Å². The monoisotopic (exact) mass is 325 g/mol. The number of halogens is 7. The van der Waals surface area contributed by atoms with Crippen molar-refractivity contribution in [2.24, 2.45) is 0 Å². The quantitative estimate of drug-likeness (QED) is 0.596. The highest BCUT2D eigenvalue weighted by Gasteiger charge is 2.32. The summed E-state index contributed by atoms with van der Waals surface area (Å²) in [4.78, 5) is 3.15. The highest BCUT2D eigenvalue weighted by molar-refractivity contribution is 9.10. The molecular weight excluding hydrogens is 324 g/mol. The zero-order valence-corrected chi connectivity index (χ0v) is 9.50. The molecule has 1 aromatic heterocycles. The van der Waals surface area contributed by atoms with Gasteiger partial charge in [0, 0.05) is 6.07 Å². The second kappa shape index (κ2) is 4.70. The molecule has 16 heavy (non-hydrogen) atoms. The van der Waals surface area contributed by atoms with Crippen molar-refractivity contribution >= 4 is 27.5 Å². The van der Waals surface area contributed by atoms with Crippen molar-refractivity contribution in [3.63, 3.8) is 0 Å². The van der Waals surface area contributed by atoms with Crippen molar-refractivity contribution in [2.45, 2.75) is 12.8 Å². The maximum atomic E-state index is 12.3. The molecule has 0 aliphatic rings. The highest BCUT2D eigenvalue weighted by atomic mass is 79.9. The van der Waals surface area contributed by atoms with Gasteiger partial charge < -0.3 is 4.74 Å². The van der Waals surface area contributed by atoms with Gasteiger partial charge in [-0.3, -0.25) is 0 Å². The van der Waals surface area contributed by atoms with E-state index in [2.05, 4.69) is 25.7 Å². The Balaban J connectivity index is 3.10. The summed E-state index contributed by atoms with van der Waals surface area (Å²) in [7, 11) is 0. The first-order chi connectivity index (χ1) is 7.20. The van der Waals surface area contributed by atoms with E-state index in [9.17, 15) is 22.0 Å². The van der Waals surface area contributed by atoms with Crippen molar-refractivity contribution in [1.29, 1.82) is 0 Å². The summed E-state index contributed by atoms with van der Waals surface area (Å²) in [6.07, 6.45) is -7.91. The Morgan fingerprint density at radius 3 is 2.31 bits per heavy atom. The van der Waals surface area contributed by atoms with Crippen molar-refractivity contribution in [1.82, 2.24) is 4.98 Å². The number of aromatic nitrogens is 1. The minimum Gasteiger partial charge on any atom is -0.388 e. The third-order valence-electron chi connectivity index (χ3n) is 1.38. The van der Waals surface area contributed by atoms with Crippen LogP contribution in [0.5, 0.6) is 5.88 Å². The Hall–Kier alpha value is -0.630.